The molecule has 0 bridgehead atoms. The third kappa shape index (κ3) is 3.95. The largest absolute Gasteiger partial charge is 0.453 e. The average Bonchev–Trinajstić information content (AvgIpc) is 3.42. The van der Waals surface area contributed by atoms with Crippen LogP contribution in [0.2, 0.25) is 0 Å². The number of amides is 2. The van der Waals surface area contributed by atoms with Gasteiger partial charge in [-0.1, -0.05) is 19.1 Å². The lowest BCUT2D eigenvalue weighted by atomic mass is 9.86. The second-order valence-electron chi connectivity index (χ2n) is 7.64. The van der Waals surface area contributed by atoms with Crippen molar-refractivity contribution in [1.29, 1.82) is 0 Å². The number of rotatable bonds is 5. The number of carbonyl (C=O) groups excluding carboxylic acids is 2. The van der Waals surface area contributed by atoms with Gasteiger partial charge in [0.05, 0.1) is 18.6 Å². The van der Waals surface area contributed by atoms with E-state index >= 15 is 0 Å². The highest BCUT2D eigenvalue weighted by Gasteiger charge is 2.58. The summed E-state index contributed by atoms with van der Waals surface area (Å²) in [5.41, 5.74) is 0.186. The maximum Gasteiger partial charge on any atom is 0.416 e. The number of ether oxygens (including phenoxy) is 1. The fourth-order valence-corrected chi connectivity index (χ4v) is 4.25. The topological polar surface area (TPSA) is 58.6 Å². The van der Waals surface area contributed by atoms with Crippen molar-refractivity contribution in [3.8, 4) is 0 Å². The molecule has 1 aliphatic heterocycles. The van der Waals surface area contributed by atoms with Gasteiger partial charge in [-0.3, -0.25) is 4.79 Å². The van der Waals surface area contributed by atoms with Gasteiger partial charge in [-0.05, 0) is 42.9 Å². The number of carbonyl (C=O) groups is 2. The quantitative estimate of drug-likeness (QED) is 0.825. The van der Waals surface area contributed by atoms with Crippen LogP contribution in [-0.2, 0) is 21.1 Å². The number of alkyl carbamates (subject to hydrolysis) is 1. The van der Waals surface area contributed by atoms with Gasteiger partial charge in [-0.2, -0.15) is 13.2 Å². The summed E-state index contributed by atoms with van der Waals surface area (Å²) in [5.74, 6) is -0.0312. The summed E-state index contributed by atoms with van der Waals surface area (Å²) in [6, 6.07) is 5.44. The first-order valence-corrected chi connectivity index (χ1v) is 9.49. The van der Waals surface area contributed by atoms with Gasteiger partial charge in [-0.25, -0.2) is 4.79 Å². The Labute approximate surface area is 162 Å². The minimum atomic E-state index is -4.33. The highest BCUT2D eigenvalue weighted by molar-refractivity contribution is 5.80. The van der Waals surface area contributed by atoms with E-state index in [1.165, 1.54) is 7.11 Å². The monoisotopic (exact) mass is 398 g/mol. The minimum Gasteiger partial charge on any atom is -0.453 e. The van der Waals surface area contributed by atoms with E-state index in [0.29, 0.717) is 19.5 Å². The standard InChI is InChI=1S/C20H25F3N2O3/c1-3-13(11-24-18(27)28-2)17(26)25-9-8-19(10-16(19)12-25)14-4-6-15(7-5-14)20(21,22)23/h4-7,13,16H,3,8-12H2,1-2H3,(H,24,27). The van der Waals surface area contributed by atoms with Crippen molar-refractivity contribution in [2.45, 2.75) is 37.8 Å². The Balaban J connectivity index is 1.61. The van der Waals surface area contributed by atoms with Crippen LogP contribution in [0.4, 0.5) is 18.0 Å². The van der Waals surface area contributed by atoms with Crippen LogP contribution in [0.1, 0.15) is 37.3 Å². The van der Waals surface area contributed by atoms with Gasteiger partial charge in [0.15, 0.2) is 0 Å². The van der Waals surface area contributed by atoms with Crippen molar-refractivity contribution in [2.75, 3.05) is 26.7 Å². The molecule has 2 amide bonds. The average molecular weight is 398 g/mol. The van der Waals surface area contributed by atoms with Crippen LogP contribution in [0.3, 0.4) is 0 Å². The van der Waals surface area contributed by atoms with E-state index in [0.717, 1.165) is 30.5 Å². The molecule has 2 fully saturated rings. The molecule has 8 heteroatoms. The number of benzene rings is 1. The highest BCUT2D eigenvalue weighted by atomic mass is 19.4. The molecule has 1 N–H and O–H groups in total. The zero-order chi connectivity index (χ0) is 20.5. The number of nitrogens with zero attached hydrogens (tertiary/aromatic N) is 1. The Morgan fingerprint density at radius 2 is 2.00 bits per heavy atom. The Kier molecular flexibility index (Phi) is 5.59. The molecule has 1 saturated carbocycles. The Morgan fingerprint density at radius 3 is 2.54 bits per heavy atom. The van der Waals surface area contributed by atoms with Gasteiger partial charge in [0.1, 0.15) is 0 Å². The van der Waals surface area contributed by atoms with E-state index in [1.807, 2.05) is 11.8 Å². The number of halogens is 3. The van der Waals surface area contributed by atoms with Gasteiger partial charge < -0.3 is 15.0 Å². The van der Waals surface area contributed by atoms with Crippen LogP contribution < -0.4 is 5.32 Å². The molecule has 0 spiro atoms. The van der Waals surface area contributed by atoms with E-state index in [1.54, 1.807) is 12.1 Å². The lowest BCUT2D eigenvalue weighted by Gasteiger charge is -2.34. The molecule has 3 rings (SSSR count). The summed E-state index contributed by atoms with van der Waals surface area (Å²) in [4.78, 5) is 25.9. The molecule has 154 valence electrons. The van der Waals surface area contributed by atoms with E-state index in [-0.39, 0.29) is 29.7 Å². The summed E-state index contributed by atoms with van der Waals surface area (Å²) in [6.45, 7) is 3.31. The van der Waals surface area contributed by atoms with E-state index in [4.69, 9.17) is 0 Å². The van der Waals surface area contributed by atoms with Gasteiger partial charge in [-0.15, -0.1) is 0 Å². The molecule has 3 unspecified atom stereocenters. The van der Waals surface area contributed by atoms with Gasteiger partial charge in [0, 0.05) is 25.0 Å². The van der Waals surface area contributed by atoms with Crippen molar-refractivity contribution >= 4 is 12.0 Å². The summed E-state index contributed by atoms with van der Waals surface area (Å²) < 4.78 is 42.9. The molecule has 0 radical (unpaired) electrons. The molecule has 1 aromatic rings. The number of likely N-dealkylation sites (tertiary alicyclic amines) is 1. The third-order valence-electron chi connectivity index (χ3n) is 6.12. The number of nitrogens with one attached hydrogen (secondary N) is 1. The van der Waals surface area contributed by atoms with Crippen molar-refractivity contribution in [1.82, 2.24) is 10.2 Å². The van der Waals surface area contributed by atoms with Crippen molar-refractivity contribution in [2.24, 2.45) is 11.8 Å². The maximum absolute atomic E-state index is 12.8. The Bertz CT molecular complexity index is 735. The summed E-state index contributed by atoms with van der Waals surface area (Å²) >= 11 is 0. The molecular weight excluding hydrogens is 373 g/mol. The second kappa shape index (κ2) is 7.64. The molecule has 3 atom stereocenters. The van der Waals surface area contributed by atoms with Gasteiger partial charge in [0.25, 0.3) is 0 Å². The normalized spacial score (nSPS) is 24.9. The van der Waals surface area contributed by atoms with Gasteiger partial charge in [0.2, 0.25) is 5.91 Å². The Morgan fingerprint density at radius 1 is 1.32 bits per heavy atom. The maximum atomic E-state index is 12.8. The van der Waals surface area contributed by atoms with Crippen LogP contribution in [-0.4, -0.2) is 43.6 Å². The molecule has 1 aliphatic carbocycles. The smallest absolute Gasteiger partial charge is 0.416 e. The van der Waals surface area contributed by atoms with Crippen LogP contribution in [0, 0.1) is 11.8 Å². The first-order chi connectivity index (χ1) is 13.2. The van der Waals surface area contributed by atoms with E-state index < -0.39 is 17.8 Å². The van der Waals surface area contributed by atoms with Crippen LogP contribution in [0.15, 0.2) is 24.3 Å². The molecule has 1 heterocycles. The lowest BCUT2D eigenvalue weighted by Crippen LogP contribution is -2.46. The third-order valence-corrected chi connectivity index (χ3v) is 6.12. The number of hydrogen-bond acceptors (Lipinski definition) is 3. The van der Waals surface area contributed by atoms with E-state index in [2.05, 4.69) is 10.1 Å². The first-order valence-electron chi connectivity index (χ1n) is 9.49. The molecule has 1 saturated heterocycles. The number of piperidine rings is 1. The number of fused-ring (bicyclic) bond motifs is 1. The lowest BCUT2D eigenvalue weighted by molar-refractivity contribution is -0.138. The molecule has 1 aromatic carbocycles. The Hall–Kier alpha value is -2.25. The van der Waals surface area contributed by atoms with Crippen LogP contribution >= 0.6 is 0 Å². The molecule has 0 aromatic heterocycles. The minimum absolute atomic E-state index is 0.00632. The summed E-state index contributed by atoms with van der Waals surface area (Å²) in [5, 5.41) is 2.58. The molecule has 28 heavy (non-hydrogen) atoms. The zero-order valence-electron chi connectivity index (χ0n) is 16.0. The fraction of sp³-hybridized carbons (Fsp3) is 0.600. The summed E-state index contributed by atoms with van der Waals surface area (Å²) in [6.07, 6.45) is -2.65. The predicted molar refractivity (Wildman–Crippen MR) is 96.6 cm³/mol. The van der Waals surface area contributed by atoms with Crippen LogP contribution in [0.5, 0.6) is 0 Å². The van der Waals surface area contributed by atoms with Crippen molar-refractivity contribution in [3.63, 3.8) is 0 Å². The second-order valence-corrected chi connectivity index (χ2v) is 7.64. The molecule has 2 aliphatic rings. The van der Waals surface area contributed by atoms with Crippen LogP contribution in [0.25, 0.3) is 0 Å². The molecular formula is C20H25F3N2O3. The summed E-state index contributed by atoms with van der Waals surface area (Å²) in [7, 11) is 1.27. The van der Waals surface area contributed by atoms with Crippen molar-refractivity contribution < 1.29 is 27.5 Å². The first kappa shape index (κ1) is 20.5. The zero-order valence-corrected chi connectivity index (χ0v) is 16.0. The number of methoxy groups -OCH3 is 1. The van der Waals surface area contributed by atoms with Gasteiger partial charge >= 0.3 is 12.3 Å². The number of hydrogen-bond donors (Lipinski definition) is 1. The molecule has 5 nitrogen and oxygen atoms in total. The van der Waals surface area contributed by atoms with E-state index in [9.17, 15) is 22.8 Å². The predicted octanol–water partition coefficient (Wildman–Crippen LogP) is 3.58. The highest BCUT2D eigenvalue weighted by Crippen LogP contribution is 2.59. The fourth-order valence-electron chi connectivity index (χ4n) is 4.25. The number of alkyl halides is 3. The SMILES string of the molecule is CCC(CNC(=O)OC)C(=O)N1CCC2(c3ccc(C(F)(F)F)cc3)CC2C1. The van der Waals surface area contributed by atoms with Crippen molar-refractivity contribution in [3.05, 3.63) is 35.4 Å².